The maximum absolute atomic E-state index is 12.0. The molecule has 1 atom stereocenters. The predicted octanol–water partition coefficient (Wildman–Crippen LogP) is 3.39. The van der Waals surface area contributed by atoms with Gasteiger partial charge in [0.25, 0.3) is 5.91 Å². The molecule has 1 saturated carbocycles. The van der Waals surface area contributed by atoms with Crippen molar-refractivity contribution in [2.75, 3.05) is 0 Å². The van der Waals surface area contributed by atoms with Crippen molar-refractivity contribution in [3.8, 4) is 0 Å². The fourth-order valence-corrected chi connectivity index (χ4v) is 2.63. The van der Waals surface area contributed by atoms with Crippen LogP contribution in [0.2, 0.25) is 0 Å². The Morgan fingerprint density at radius 1 is 1.18 bits per heavy atom. The molecule has 1 aromatic rings. The molecule has 0 unspecified atom stereocenters. The van der Waals surface area contributed by atoms with E-state index < -0.39 is 0 Å². The minimum atomic E-state index is 0.0590. The topological polar surface area (TPSA) is 29.1 Å². The summed E-state index contributed by atoms with van der Waals surface area (Å²) < 4.78 is 0. The zero-order valence-corrected chi connectivity index (χ0v) is 10.5. The van der Waals surface area contributed by atoms with E-state index in [4.69, 9.17) is 0 Å². The lowest BCUT2D eigenvalue weighted by Gasteiger charge is -2.28. The minimum absolute atomic E-state index is 0.0590. The third-order valence-electron chi connectivity index (χ3n) is 3.75. The molecule has 1 fully saturated rings. The Hall–Kier alpha value is -1.31. The van der Waals surface area contributed by atoms with Gasteiger partial charge in [0.1, 0.15) is 0 Å². The molecule has 2 rings (SSSR count). The summed E-state index contributed by atoms with van der Waals surface area (Å²) in [7, 11) is 0. The highest BCUT2D eigenvalue weighted by molar-refractivity contribution is 5.94. The fourth-order valence-electron chi connectivity index (χ4n) is 2.63. The van der Waals surface area contributed by atoms with E-state index in [1.807, 2.05) is 30.3 Å². The summed E-state index contributed by atoms with van der Waals surface area (Å²) in [4.78, 5) is 12.0. The van der Waals surface area contributed by atoms with Crippen LogP contribution in [0.4, 0.5) is 0 Å². The van der Waals surface area contributed by atoms with Crippen LogP contribution in [0.1, 0.15) is 49.4 Å². The first kappa shape index (κ1) is 12.2. The molecule has 1 amide bonds. The first-order valence-electron chi connectivity index (χ1n) is 6.63. The zero-order chi connectivity index (χ0) is 12.1. The molecule has 1 aliphatic carbocycles. The van der Waals surface area contributed by atoms with Gasteiger partial charge in [-0.25, -0.2) is 0 Å². The Kier molecular flexibility index (Phi) is 4.18. The van der Waals surface area contributed by atoms with E-state index in [-0.39, 0.29) is 5.91 Å². The van der Waals surface area contributed by atoms with E-state index in [0.717, 1.165) is 5.56 Å². The molecular weight excluding hydrogens is 210 g/mol. The van der Waals surface area contributed by atoms with Gasteiger partial charge < -0.3 is 5.32 Å². The summed E-state index contributed by atoms with van der Waals surface area (Å²) in [6.45, 7) is 2.14. The maximum Gasteiger partial charge on any atom is 0.251 e. The second kappa shape index (κ2) is 5.85. The second-order valence-electron chi connectivity index (χ2n) is 5.03. The first-order valence-corrected chi connectivity index (χ1v) is 6.63. The number of amides is 1. The van der Waals surface area contributed by atoms with Crippen molar-refractivity contribution in [3.05, 3.63) is 35.9 Å². The van der Waals surface area contributed by atoms with Gasteiger partial charge in [-0.1, -0.05) is 37.5 Å². The van der Waals surface area contributed by atoms with Crippen LogP contribution in [-0.2, 0) is 0 Å². The van der Waals surface area contributed by atoms with Gasteiger partial charge in [-0.05, 0) is 37.8 Å². The molecule has 1 N–H and O–H groups in total. The normalized spacial score (nSPS) is 18.6. The number of carbonyl (C=O) groups excluding carboxylic acids is 1. The summed E-state index contributed by atoms with van der Waals surface area (Å²) in [6, 6.07) is 9.76. The third kappa shape index (κ3) is 3.32. The quantitative estimate of drug-likeness (QED) is 0.849. The summed E-state index contributed by atoms with van der Waals surface area (Å²) in [5, 5.41) is 3.13. The second-order valence-corrected chi connectivity index (χ2v) is 5.03. The standard InChI is InChI=1S/C15H21NO/c1-12(13-8-4-2-5-9-13)16-15(17)14-10-6-3-7-11-14/h3,6-7,10-13H,2,4-5,8-9H2,1H3,(H,16,17)/t12-/m0/s1. The number of hydrogen-bond acceptors (Lipinski definition) is 1. The molecule has 0 spiro atoms. The molecule has 0 radical (unpaired) electrons. The smallest absolute Gasteiger partial charge is 0.251 e. The molecule has 2 heteroatoms. The highest BCUT2D eigenvalue weighted by atomic mass is 16.1. The summed E-state index contributed by atoms with van der Waals surface area (Å²) >= 11 is 0. The van der Waals surface area contributed by atoms with Crippen molar-refractivity contribution in [1.82, 2.24) is 5.32 Å². The molecule has 0 heterocycles. The monoisotopic (exact) mass is 231 g/mol. The largest absolute Gasteiger partial charge is 0.349 e. The average Bonchev–Trinajstić information content (AvgIpc) is 2.40. The van der Waals surface area contributed by atoms with E-state index >= 15 is 0 Å². The number of nitrogens with one attached hydrogen (secondary N) is 1. The van der Waals surface area contributed by atoms with E-state index in [2.05, 4.69) is 12.2 Å². The van der Waals surface area contributed by atoms with Crippen LogP contribution in [0, 0.1) is 5.92 Å². The number of benzene rings is 1. The molecule has 0 aliphatic heterocycles. The van der Waals surface area contributed by atoms with Gasteiger partial charge in [0, 0.05) is 11.6 Å². The van der Waals surface area contributed by atoms with Gasteiger partial charge in [0.2, 0.25) is 0 Å². The van der Waals surface area contributed by atoms with Gasteiger partial charge >= 0.3 is 0 Å². The van der Waals surface area contributed by atoms with E-state index in [1.54, 1.807) is 0 Å². The van der Waals surface area contributed by atoms with Gasteiger partial charge in [0.05, 0.1) is 0 Å². The van der Waals surface area contributed by atoms with Crippen molar-refractivity contribution in [2.45, 2.75) is 45.1 Å². The lowest BCUT2D eigenvalue weighted by atomic mass is 9.84. The Morgan fingerprint density at radius 3 is 2.47 bits per heavy atom. The Balaban J connectivity index is 1.89. The molecule has 1 aromatic carbocycles. The van der Waals surface area contributed by atoms with Crippen LogP contribution in [0.5, 0.6) is 0 Å². The highest BCUT2D eigenvalue weighted by Gasteiger charge is 2.21. The maximum atomic E-state index is 12.0. The Bertz CT molecular complexity index is 354. The van der Waals surface area contributed by atoms with Crippen LogP contribution in [-0.4, -0.2) is 11.9 Å². The van der Waals surface area contributed by atoms with Crippen LogP contribution < -0.4 is 5.32 Å². The molecule has 0 saturated heterocycles. The van der Waals surface area contributed by atoms with Crippen molar-refractivity contribution in [2.24, 2.45) is 5.92 Å². The van der Waals surface area contributed by atoms with Gasteiger partial charge in [-0.2, -0.15) is 0 Å². The molecule has 1 aliphatic rings. The van der Waals surface area contributed by atoms with Crippen LogP contribution >= 0.6 is 0 Å². The van der Waals surface area contributed by atoms with Gasteiger partial charge in [-0.3, -0.25) is 4.79 Å². The molecule has 92 valence electrons. The van der Waals surface area contributed by atoms with Crippen molar-refractivity contribution < 1.29 is 4.79 Å². The van der Waals surface area contributed by atoms with Crippen molar-refractivity contribution >= 4 is 5.91 Å². The van der Waals surface area contributed by atoms with E-state index in [9.17, 15) is 4.79 Å². The molecule has 0 bridgehead atoms. The van der Waals surface area contributed by atoms with Crippen molar-refractivity contribution in [1.29, 1.82) is 0 Å². The zero-order valence-electron chi connectivity index (χ0n) is 10.5. The average molecular weight is 231 g/mol. The lowest BCUT2D eigenvalue weighted by molar-refractivity contribution is 0.0919. The number of carbonyl (C=O) groups is 1. The van der Waals surface area contributed by atoms with E-state index in [0.29, 0.717) is 12.0 Å². The molecule has 17 heavy (non-hydrogen) atoms. The fraction of sp³-hybridized carbons (Fsp3) is 0.533. The summed E-state index contributed by atoms with van der Waals surface area (Å²) in [5.41, 5.74) is 0.759. The predicted molar refractivity (Wildman–Crippen MR) is 69.9 cm³/mol. The molecule has 2 nitrogen and oxygen atoms in total. The van der Waals surface area contributed by atoms with Crippen molar-refractivity contribution in [3.63, 3.8) is 0 Å². The summed E-state index contributed by atoms with van der Waals surface area (Å²) in [5.74, 6) is 0.722. The van der Waals surface area contributed by atoms with Gasteiger partial charge in [-0.15, -0.1) is 0 Å². The molecular formula is C15H21NO. The SMILES string of the molecule is C[C@H](NC(=O)c1ccccc1)C1CCCCC1. The Morgan fingerprint density at radius 2 is 1.82 bits per heavy atom. The van der Waals surface area contributed by atoms with Crippen LogP contribution in [0.3, 0.4) is 0 Å². The van der Waals surface area contributed by atoms with E-state index in [1.165, 1.54) is 32.1 Å². The summed E-state index contributed by atoms with van der Waals surface area (Å²) in [6.07, 6.45) is 6.51. The first-order chi connectivity index (χ1) is 8.27. The Labute approximate surface area is 103 Å². The minimum Gasteiger partial charge on any atom is -0.349 e. The lowest BCUT2D eigenvalue weighted by Crippen LogP contribution is -2.38. The number of hydrogen-bond donors (Lipinski definition) is 1. The van der Waals surface area contributed by atoms with Gasteiger partial charge in [0.15, 0.2) is 0 Å². The third-order valence-corrected chi connectivity index (χ3v) is 3.75. The number of rotatable bonds is 3. The van der Waals surface area contributed by atoms with Crippen LogP contribution in [0.15, 0.2) is 30.3 Å². The van der Waals surface area contributed by atoms with Crippen LogP contribution in [0.25, 0.3) is 0 Å². The highest BCUT2D eigenvalue weighted by Crippen LogP contribution is 2.26. The molecule has 0 aromatic heterocycles.